The van der Waals surface area contributed by atoms with Gasteiger partial charge in [-0.15, -0.1) is 0 Å². The molecule has 0 heterocycles. The van der Waals surface area contributed by atoms with Crippen LogP contribution in [0.4, 0.5) is 5.69 Å². The van der Waals surface area contributed by atoms with Gasteiger partial charge < -0.3 is 4.74 Å². The molecule has 30 heavy (non-hydrogen) atoms. The minimum Gasteiger partial charge on any atom is -0.457 e. The van der Waals surface area contributed by atoms with E-state index >= 15 is 0 Å². The summed E-state index contributed by atoms with van der Waals surface area (Å²) in [6.07, 6.45) is 1.07. The van der Waals surface area contributed by atoms with E-state index in [1.54, 1.807) is 36.4 Å². The number of nitro groups is 1. The first-order valence-electron chi connectivity index (χ1n) is 8.45. The molecule has 0 radical (unpaired) electrons. The first-order valence-corrected chi connectivity index (χ1v) is 10.7. The molecule has 0 unspecified atom stereocenters. The predicted octanol–water partition coefficient (Wildman–Crippen LogP) is 5.49. The van der Waals surface area contributed by atoms with Gasteiger partial charge in [0.15, 0.2) is 0 Å². The normalized spacial score (nSPS) is 11.5. The van der Waals surface area contributed by atoms with E-state index in [0.717, 1.165) is 16.6 Å². The molecule has 7 nitrogen and oxygen atoms in total. The first kappa shape index (κ1) is 21.2. The highest BCUT2D eigenvalue weighted by atomic mass is 79.9. The quantitative estimate of drug-likeness (QED) is 0.260. The molecule has 0 saturated heterocycles. The van der Waals surface area contributed by atoms with Crippen molar-refractivity contribution < 1.29 is 18.1 Å². The number of nitrogens with zero attached hydrogens (tertiary/aromatic N) is 2. The van der Waals surface area contributed by atoms with Crippen molar-refractivity contribution >= 4 is 37.5 Å². The Morgan fingerprint density at radius 2 is 1.73 bits per heavy atom. The van der Waals surface area contributed by atoms with E-state index in [0.29, 0.717) is 5.75 Å². The van der Waals surface area contributed by atoms with Crippen LogP contribution in [0.15, 0.2) is 87.1 Å². The molecule has 0 fully saturated rings. The molecule has 0 saturated carbocycles. The summed E-state index contributed by atoms with van der Waals surface area (Å²) in [7, 11) is -4.11. The van der Waals surface area contributed by atoms with Crippen LogP contribution in [0.25, 0.3) is 6.08 Å². The molecule has 3 aromatic carbocycles. The van der Waals surface area contributed by atoms with E-state index in [1.807, 2.05) is 0 Å². The second-order valence-electron chi connectivity index (χ2n) is 5.97. The van der Waals surface area contributed by atoms with Crippen LogP contribution in [-0.4, -0.2) is 13.3 Å². The number of halogens is 1. The SMILES string of the molecule is N#C/C(=C\c1cc([N+](=O)[O-])ccc1Oc1ccc(Br)cc1)S(=O)(=O)c1ccccc1. The van der Waals surface area contributed by atoms with Crippen LogP contribution in [0.1, 0.15) is 5.56 Å². The standard InChI is InChI=1S/C21H13BrN2O5S/c22-16-6-9-18(10-7-16)29-21-11-8-17(24(25)26)12-15(21)13-20(14-23)30(27,28)19-4-2-1-3-5-19/h1-13H/b20-13+. The van der Waals surface area contributed by atoms with E-state index in [1.165, 1.54) is 36.4 Å². The topological polar surface area (TPSA) is 110 Å². The fourth-order valence-corrected chi connectivity index (χ4v) is 3.96. The van der Waals surface area contributed by atoms with Gasteiger partial charge in [0.05, 0.1) is 9.82 Å². The predicted molar refractivity (Wildman–Crippen MR) is 115 cm³/mol. The molecule has 0 aliphatic carbocycles. The summed E-state index contributed by atoms with van der Waals surface area (Å²) in [4.78, 5) is 9.96. The highest BCUT2D eigenvalue weighted by Crippen LogP contribution is 2.32. The number of benzene rings is 3. The Hall–Kier alpha value is -3.48. The summed E-state index contributed by atoms with van der Waals surface area (Å²) >= 11 is 3.31. The van der Waals surface area contributed by atoms with E-state index in [2.05, 4.69) is 15.9 Å². The van der Waals surface area contributed by atoms with Gasteiger partial charge in [0, 0.05) is 22.2 Å². The Bertz CT molecular complexity index is 1260. The van der Waals surface area contributed by atoms with Crippen LogP contribution in [-0.2, 0) is 9.84 Å². The van der Waals surface area contributed by atoms with Crippen LogP contribution < -0.4 is 4.74 Å². The monoisotopic (exact) mass is 484 g/mol. The molecule has 0 aromatic heterocycles. The van der Waals surface area contributed by atoms with Crippen LogP contribution in [0.5, 0.6) is 11.5 Å². The Balaban J connectivity index is 2.11. The van der Waals surface area contributed by atoms with Gasteiger partial charge in [0.2, 0.25) is 9.84 Å². The van der Waals surface area contributed by atoms with Crippen LogP contribution >= 0.6 is 15.9 Å². The minimum absolute atomic E-state index is 0.0568. The maximum atomic E-state index is 12.8. The fraction of sp³-hybridized carbons (Fsp3) is 0. The van der Waals surface area contributed by atoms with Crippen molar-refractivity contribution in [3.8, 4) is 17.6 Å². The zero-order valence-corrected chi connectivity index (χ0v) is 17.6. The van der Waals surface area contributed by atoms with Crippen molar-refractivity contribution in [2.75, 3.05) is 0 Å². The molecule has 0 spiro atoms. The van der Waals surface area contributed by atoms with Crippen molar-refractivity contribution in [3.05, 3.63) is 97.9 Å². The Labute approximate surface area is 181 Å². The molecule has 0 amide bonds. The van der Waals surface area contributed by atoms with Gasteiger partial charge in [0.1, 0.15) is 22.5 Å². The first-order chi connectivity index (χ1) is 14.3. The molecule has 0 bridgehead atoms. The third-order valence-electron chi connectivity index (χ3n) is 3.99. The number of sulfone groups is 1. The Morgan fingerprint density at radius 3 is 2.33 bits per heavy atom. The number of hydrogen-bond acceptors (Lipinski definition) is 6. The van der Waals surface area contributed by atoms with E-state index in [9.17, 15) is 23.8 Å². The number of ether oxygens (including phenoxy) is 1. The van der Waals surface area contributed by atoms with Gasteiger partial charge in [-0.2, -0.15) is 5.26 Å². The van der Waals surface area contributed by atoms with E-state index in [-0.39, 0.29) is 21.9 Å². The Kier molecular flexibility index (Phi) is 6.30. The minimum atomic E-state index is -4.11. The highest BCUT2D eigenvalue weighted by Gasteiger charge is 2.22. The third kappa shape index (κ3) is 4.74. The molecular formula is C21H13BrN2O5S. The lowest BCUT2D eigenvalue weighted by Crippen LogP contribution is -2.03. The lowest BCUT2D eigenvalue weighted by Gasteiger charge is -2.10. The zero-order valence-electron chi connectivity index (χ0n) is 15.2. The summed E-state index contributed by atoms with van der Waals surface area (Å²) in [5.74, 6) is 0.602. The fourth-order valence-electron chi connectivity index (χ4n) is 2.52. The lowest BCUT2D eigenvalue weighted by atomic mass is 10.1. The van der Waals surface area contributed by atoms with Crippen molar-refractivity contribution in [2.45, 2.75) is 4.90 Å². The van der Waals surface area contributed by atoms with Crippen LogP contribution in [0, 0.1) is 21.4 Å². The molecular weight excluding hydrogens is 472 g/mol. The van der Waals surface area contributed by atoms with Gasteiger partial charge in [-0.25, -0.2) is 8.42 Å². The number of nitro benzene ring substituents is 1. The number of non-ortho nitro benzene ring substituents is 1. The van der Waals surface area contributed by atoms with Gasteiger partial charge in [-0.1, -0.05) is 34.1 Å². The number of allylic oxidation sites excluding steroid dienone is 1. The summed E-state index contributed by atoms with van der Waals surface area (Å²) in [5.41, 5.74) is -0.179. The number of hydrogen-bond donors (Lipinski definition) is 0. The molecule has 3 rings (SSSR count). The maximum absolute atomic E-state index is 12.8. The lowest BCUT2D eigenvalue weighted by molar-refractivity contribution is -0.384. The summed E-state index contributed by atoms with van der Waals surface area (Å²) in [6.45, 7) is 0. The van der Waals surface area contributed by atoms with E-state index < -0.39 is 19.7 Å². The van der Waals surface area contributed by atoms with Crippen molar-refractivity contribution in [2.24, 2.45) is 0 Å². The smallest absolute Gasteiger partial charge is 0.270 e. The van der Waals surface area contributed by atoms with Crippen LogP contribution in [0.2, 0.25) is 0 Å². The average Bonchev–Trinajstić information content (AvgIpc) is 2.74. The zero-order chi connectivity index (χ0) is 21.7. The summed E-state index contributed by atoms with van der Waals surface area (Å²) in [6, 6.07) is 19.7. The van der Waals surface area contributed by atoms with Gasteiger partial charge in [0.25, 0.3) is 5.69 Å². The molecule has 150 valence electrons. The third-order valence-corrected chi connectivity index (χ3v) is 6.20. The molecule has 9 heteroatoms. The Morgan fingerprint density at radius 1 is 1.07 bits per heavy atom. The van der Waals surface area contributed by atoms with Gasteiger partial charge in [-0.05, 0) is 48.5 Å². The van der Waals surface area contributed by atoms with Crippen molar-refractivity contribution in [1.82, 2.24) is 0 Å². The number of rotatable bonds is 6. The maximum Gasteiger partial charge on any atom is 0.270 e. The van der Waals surface area contributed by atoms with Crippen molar-refractivity contribution in [3.63, 3.8) is 0 Å². The largest absolute Gasteiger partial charge is 0.457 e. The highest BCUT2D eigenvalue weighted by molar-refractivity contribution is 9.10. The summed E-state index contributed by atoms with van der Waals surface area (Å²) < 4.78 is 32.2. The summed E-state index contributed by atoms with van der Waals surface area (Å²) in [5, 5.41) is 20.7. The molecule has 0 atom stereocenters. The molecule has 0 aliphatic heterocycles. The van der Waals surface area contributed by atoms with Crippen molar-refractivity contribution in [1.29, 1.82) is 5.26 Å². The molecule has 3 aromatic rings. The second kappa shape index (κ2) is 8.90. The molecule has 0 N–H and O–H groups in total. The second-order valence-corrected chi connectivity index (χ2v) is 8.81. The molecule has 0 aliphatic rings. The van der Waals surface area contributed by atoms with Crippen LogP contribution in [0.3, 0.4) is 0 Å². The van der Waals surface area contributed by atoms with Gasteiger partial charge >= 0.3 is 0 Å². The number of nitriles is 1. The van der Waals surface area contributed by atoms with E-state index in [4.69, 9.17) is 4.74 Å². The van der Waals surface area contributed by atoms with Gasteiger partial charge in [-0.3, -0.25) is 10.1 Å². The average molecular weight is 485 g/mol.